The molecule has 0 aliphatic rings. The van der Waals surface area contributed by atoms with Gasteiger partial charge in [0, 0.05) is 32.9 Å². The van der Waals surface area contributed by atoms with Crippen LogP contribution in [0.1, 0.15) is 27.0 Å². The van der Waals surface area contributed by atoms with Gasteiger partial charge in [-0.2, -0.15) is 5.10 Å². The van der Waals surface area contributed by atoms with Crippen LogP contribution in [0.2, 0.25) is 0 Å². The average molecular weight is 307 g/mol. The van der Waals surface area contributed by atoms with Gasteiger partial charge < -0.3 is 16.4 Å². The minimum Gasteiger partial charge on any atom is -0.397 e. The van der Waals surface area contributed by atoms with Crippen LogP contribution < -0.4 is 16.4 Å². The smallest absolute Gasteiger partial charge is 0.256 e. The number of Topliss-reactive ketones (excluding diaryl/α,β-unsaturated/α-hetero) is 1. The summed E-state index contributed by atoms with van der Waals surface area (Å²) in [6.45, 7) is 2.65. The Morgan fingerprint density at radius 1 is 1.48 bits per heavy atom. The number of thiophene rings is 1. The van der Waals surface area contributed by atoms with Gasteiger partial charge in [-0.05, 0) is 6.07 Å². The van der Waals surface area contributed by atoms with Crippen molar-refractivity contribution in [3.8, 4) is 0 Å². The molecule has 2 aromatic rings. The molecule has 112 valence electrons. The molecule has 2 rings (SSSR count). The Morgan fingerprint density at radius 3 is 2.81 bits per heavy atom. The number of ketones is 1. The van der Waals surface area contributed by atoms with Crippen molar-refractivity contribution >= 4 is 33.7 Å². The molecule has 0 radical (unpaired) electrons. The number of carbonyl (C=O) groups is 2. The predicted octanol–water partition coefficient (Wildman–Crippen LogP) is 1.20. The molecule has 0 aliphatic heterocycles. The first-order chi connectivity index (χ1) is 10.0. The van der Waals surface area contributed by atoms with E-state index in [0.29, 0.717) is 28.5 Å². The van der Waals surface area contributed by atoms with E-state index in [1.807, 2.05) is 12.3 Å². The number of hydrogen-bond donors (Lipinski definition) is 3. The molecule has 0 aliphatic carbocycles. The van der Waals surface area contributed by atoms with Crippen molar-refractivity contribution in [1.82, 2.24) is 15.1 Å². The molecule has 0 spiro atoms. The summed E-state index contributed by atoms with van der Waals surface area (Å²) in [6, 6.07) is 1.84. The highest BCUT2D eigenvalue weighted by Crippen LogP contribution is 2.35. The Hall–Kier alpha value is -2.35. The lowest BCUT2D eigenvalue weighted by molar-refractivity contribution is 0.0965. The minimum atomic E-state index is -0.308. The van der Waals surface area contributed by atoms with Crippen molar-refractivity contribution in [2.75, 3.05) is 24.6 Å². The quantitative estimate of drug-likeness (QED) is 0.696. The van der Waals surface area contributed by atoms with E-state index >= 15 is 0 Å². The van der Waals surface area contributed by atoms with E-state index in [4.69, 9.17) is 5.73 Å². The zero-order valence-corrected chi connectivity index (χ0v) is 12.7. The summed E-state index contributed by atoms with van der Waals surface area (Å²) in [7, 11) is 1.53. The summed E-state index contributed by atoms with van der Waals surface area (Å²) in [6.07, 6.45) is 3.55. The molecule has 7 nitrogen and oxygen atoms in total. The van der Waals surface area contributed by atoms with E-state index in [9.17, 15) is 9.59 Å². The van der Waals surface area contributed by atoms with Gasteiger partial charge in [0.05, 0.1) is 22.7 Å². The topological polar surface area (TPSA) is 102 Å². The number of rotatable bonds is 6. The molecule has 2 aromatic heterocycles. The van der Waals surface area contributed by atoms with E-state index in [2.05, 4.69) is 15.7 Å². The largest absolute Gasteiger partial charge is 0.397 e. The third kappa shape index (κ3) is 3.22. The van der Waals surface area contributed by atoms with Crippen molar-refractivity contribution in [2.45, 2.75) is 13.5 Å². The fourth-order valence-corrected chi connectivity index (χ4v) is 2.94. The monoisotopic (exact) mass is 307 g/mol. The maximum Gasteiger partial charge on any atom is 0.256 e. The number of aromatic nitrogens is 2. The second-order valence-electron chi connectivity index (χ2n) is 4.38. The van der Waals surface area contributed by atoms with E-state index < -0.39 is 0 Å². The highest BCUT2D eigenvalue weighted by Gasteiger charge is 2.23. The highest BCUT2D eigenvalue weighted by atomic mass is 32.1. The number of hydrogen-bond acceptors (Lipinski definition) is 6. The zero-order valence-electron chi connectivity index (χ0n) is 11.8. The maximum absolute atomic E-state index is 11.9. The Labute approximate surface area is 126 Å². The van der Waals surface area contributed by atoms with Gasteiger partial charge in [0.2, 0.25) is 0 Å². The van der Waals surface area contributed by atoms with Crippen LogP contribution >= 0.6 is 11.3 Å². The van der Waals surface area contributed by atoms with Crippen LogP contribution in [0.15, 0.2) is 18.5 Å². The molecule has 21 heavy (non-hydrogen) atoms. The van der Waals surface area contributed by atoms with Gasteiger partial charge in [0.15, 0.2) is 5.78 Å². The highest BCUT2D eigenvalue weighted by molar-refractivity contribution is 7.19. The predicted molar refractivity (Wildman–Crippen MR) is 82.8 cm³/mol. The van der Waals surface area contributed by atoms with Crippen LogP contribution in [0.5, 0.6) is 0 Å². The Balaban J connectivity index is 2.18. The second-order valence-corrected chi connectivity index (χ2v) is 5.40. The number of anilines is 2. The molecule has 0 fully saturated rings. The molecule has 0 saturated carbocycles. The van der Waals surface area contributed by atoms with E-state index in [1.54, 1.807) is 10.9 Å². The van der Waals surface area contributed by atoms with Gasteiger partial charge in [-0.1, -0.05) is 0 Å². The van der Waals surface area contributed by atoms with Crippen molar-refractivity contribution < 1.29 is 9.59 Å². The first-order valence-corrected chi connectivity index (χ1v) is 7.22. The van der Waals surface area contributed by atoms with Crippen LogP contribution in [-0.4, -0.2) is 35.1 Å². The maximum atomic E-state index is 11.9. The van der Waals surface area contributed by atoms with Gasteiger partial charge in [0.1, 0.15) is 5.00 Å². The van der Waals surface area contributed by atoms with Crippen molar-refractivity contribution in [1.29, 1.82) is 0 Å². The standard InChI is InChI=1S/C13H17N5O2S/c1-8(19)11-10(14)9(12(20)15-2)13(21-11)16-5-7-18-6-3-4-17-18/h3-4,6,16H,5,7,14H2,1-2H3,(H,15,20). The SMILES string of the molecule is CNC(=O)c1c(NCCn2cccn2)sc(C(C)=O)c1N. The lowest BCUT2D eigenvalue weighted by Crippen LogP contribution is -2.21. The molecule has 1 amide bonds. The van der Waals surface area contributed by atoms with Crippen LogP contribution in [0.4, 0.5) is 10.7 Å². The van der Waals surface area contributed by atoms with Crippen LogP contribution in [-0.2, 0) is 6.54 Å². The van der Waals surface area contributed by atoms with E-state index in [1.165, 1.54) is 25.3 Å². The van der Waals surface area contributed by atoms with Crippen LogP contribution in [0, 0.1) is 0 Å². The second kappa shape index (κ2) is 6.40. The van der Waals surface area contributed by atoms with Crippen molar-refractivity contribution in [3.63, 3.8) is 0 Å². The number of nitrogens with one attached hydrogen (secondary N) is 2. The molecule has 0 bridgehead atoms. The number of nitrogens with two attached hydrogens (primary N) is 1. The van der Waals surface area contributed by atoms with Crippen molar-refractivity contribution in [2.24, 2.45) is 0 Å². The Kier molecular flexibility index (Phi) is 4.59. The molecular weight excluding hydrogens is 290 g/mol. The van der Waals surface area contributed by atoms with Gasteiger partial charge >= 0.3 is 0 Å². The summed E-state index contributed by atoms with van der Waals surface area (Å²) in [5.41, 5.74) is 6.48. The van der Waals surface area contributed by atoms with E-state index in [0.717, 1.165) is 0 Å². The molecule has 0 saturated heterocycles. The minimum absolute atomic E-state index is 0.150. The Morgan fingerprint density at radius 2 is 2.24 bits per heavy atom. The fraction of sp³-hybridized carbons (Fsp3) is 0.308. The van der Waals surface area contributed by atoms with Gasteiger partial charge in [-0.15, -0.1) is 11.3 Å². The summed E-state index contributed by atoms with van der Waals surface area (Å²) in [5.74, 6) is -0.458. The molecule has 8 heteroatoms. The van der Waals surface area contributed by atoms with Crippen molar-refractivity contribution in [3.05, 3.63) is 28.9 Å². The molecule has 2 heterocycles. The Bertz CT molecular complexity index is 648. The first kappa shape index (κ1) is 15.0. The van der Waals surface area contributed by atoms with Gasteiger partial charge in [-0.25, -0.2) is 0 Å². The van der Waals surface area contributed by atoms with Gasteiger partial charge in [-0.3, -0.25) is 14.3 Å². The van der Waals surface area contributed by atoms with Crippen LogP contribution in [0.3, 0.4) is 0 Å². The molecule has 4 N–H and O–H groups in total. The normalized spacial score (nSPS) is 10.4. The summed E-state index contributed by atoms with van der Waals surface area (Å²) in [5, 5.41) is 10.4. The third-order valence-corrected chi connectivity index (χ3v) is 4.17. The molecule has 0 aromatic carbocycles. The fourth-order valence-electron chi connectivity index (χ4n) is 1.90. The zero-order chi connectivity index (χ0) is 15.4. The van der Waals surface area contributed by atoms with Gasteiger partial charge in [0.25, 0.3) is 5.91 Å². The molecule has 0 atom stereocenters. The first-order valence-electron chi connectivity index (χ1n) is 6.41. The lowest BCUT2D eigenvalue weighted by Gasteiger charge is -2.07. The lowest BCUT2D eigenvalue weighted by atomic mass is 10.2. The summed E-state index contributed by atoms with van der Waals surface area (Å²) >= 11 is 1.20. The summed E-state index contributed by atoms with van der Waals surface area (Å²) in [4.78, 5) is 23.9. The van der Waals surface area contributed by atoms with Crippen LogP contribution in [0.25, 0.3) is 0 Å². The number of amides is 1. The number of nitrogen functional groups attached to an aromatic ring is 1. The average Bonchev–Trinajstić information content (AvgIpc) is 3.06. The summed E-state index contributed by atoms with van der Waals surface area (Å²) < 4.78 is 1.77. The number of carbonyl (C=O) groups excluding carboxylic acids is 2. The van der Waals surface area contributed by atoms with E-state index in [-0.39, 0.29) is 17.4 Å². The molecular formula is C13H17N5O2S. The third-order valence-electron chi connectivity index (χ3n) is 2.90. The molecule has 0 unspecified atom stereocenters. The number of nitrogens with zero attached hydrogens (tertiary/aromatic N) is 2.